The van der Waals surface area contributed by atoms with E-state index >= 15 is 0 Å². The van der Waals surface area contributed by atoms with Crippen LogP contribution in [0.15, 0.2) is 0 Å². The van der Waals surface area contributed by atoms with Gasteiger partial charge in [-0.1, -0.05) is 25.7 Å². The summed E-state index contributed by atoms with van der Waals surface area (Å²) in [6.07, 6.45) is 5.66. The van der Waals surface area contributed by atoms with Crippen LogP contribution in [0.25, 0.3) is 0 Å². The van der Waals surface area contributed by atoms with Gasteiger partial charge < -0.3 is 5.11 Å². The van der Waals surface area contributed by atoms with Gasteiger partial charge in [-0.15, -0.1) is 0 Å². The molecule has 0 spiro atoms. The van der Waals surface area contributed by atoms with Crippen molar-refractivity contribution in [2.24, 2.45) is 5.92 Å². The van der Waals surface area contributed by atoms with Crippen LogP contribution in [-0.2, 0) is 9.59 Å². The molecule has 0 radical (unpaired) electrons. The molecule has 88 valence electrons. The number of unbranched alkanes of at least 4 members (excludes halogenated alkanes) is 4. The van der Waals surface area contributed by atoms with Crippen molar-refractivity contribution in [3.05, 3.63) is 0 Å². The van der Waals surface area contributed by atoms with Gasteiger partial charge in [0.25, 0.3) is 0 Å². The summed E-state index contributed by atoms with van der Waals surface area (Å²) >= 11 is 4.11. The summed E-state index contributed by atoms with van der Waals surface area (Å²) in [4.78, 5) is 21.6. The molecule has 0 saturated heterocycles. The molecule has 3 nitrogen and oxygen atoms in total. The first kappa shape index (κ1) is 14.5. The Morgan fingerprint density at radius 1 is 1.13 bits per heavy atom. The van der Waals surface area contributed by atoms with Crippen molar-refractivity contribution in [1.29, 1.82) is 0 Å². The number of carbonyl (C=O) groups is 2. The van der Waals surface area contributed by atoms with Crippen molar-refractivity contribution in [3.63, 3.8) is 0 Å². The zero-order valence-electron chi connectivity index (χ0n) is 9.24. The molecule has 0 rings (SSSR count). The monoisotopic (exact) mass is 232 g/mol. The van der Waals surface area contributed by atoms with E-state index in [-0.39, 0.29) is 5.78 Å². The zero-order chi connectivity index (χ0) is 11.7. The summed E-state index contributed by atoms with van der Waals surface area (Å²) in [5.74, 6) is -1.11. The molecular formula is C11H20O3S. The fraction of sp³-hybridized carbons (Fsp3) is 0.818. The standard InChI is InChI=1S/C11H20O3S/c1-9(12)10(11(13)14)7-5-3-2-4-6-8-15/h10,15H,2-8H2,1H3,(H,13,14). The SMILES string of the molecule is CC(=O)C(CCCCCCCS)C(=O)O. The maximum absolute atomic E-state index is 11.0. The maximum Gasteiger partial charge on any atom is 0.314 e. The second kappa shape index (κ2) is 8.77. The number of Topliss-reactive ketones (excluding diaryl/α,β-unsaturated/α-hetero) is 1. The Kier molecular flexibility index (Phi) is 8.47. The number of hydrogen-bond donors (Lipinski definition) is 2. The molecule has 0 aromatic carbocycles. The van der Waals surface area contributed by atoms with E-state index in [4.69, 9.17) is 5.11 Å². The highest BCUT2D eigenvalue weighted by Gasteiger charge is 2.21. The zero-order valence-corrected chi connectivity index (χ0v) is 10.1. The molecular weight excluding hydrogens is 212 g/mol. The lowest BCUT2D eigenvalue weighted by molar-refractivity contribution is -0.146. The van der Waals surface area contributed by atoms with E-state index < -0.39 is 11.9 Å². The summed E-state index contributed by atoms with van der Waals surface area (Å²) < 4.78 is 0. The van der Waals surface area contributed by atoms with E-state index in [1.54, 1.807) is 0 Å². The van der Waals surface area contributed by atoms with Gasteiger partial charge in [-0.05, 0) is 25.5 Å². The van der Waals surface area contributed by atoms with Gasteiger partial charge >= 0.3 is 5.97 Å². The highest BCUT2D eigenvalue weighted by atomic mass is 32.1. The second-order valence-corrected chi connectivity index (χ2v) is 4.23. The van der Waals surface area contributed by atoms with Crippen LogP contribution in [0.2, 0.25) is 0 Å². The number of aliphatic carboxylic acids is 1. The molecule has 0 saturated carbocycles. The van der Waals surface area contributed by atoms with Gasteiger partial charge in [-0.3, -0.25) is 9.59 Å². The van der Waals surface area contributed by atoms with Crippen molar-refractivity contribution in [2.75, 3.05) is 5.75 Å². The summed E-state index contributed by atoms with van der Waals surface area (Å²) in [6.45, 7) is 1.35. The highest BCUT2D eigenvalue weighted by Crippen LogP contribution is 2.13. The van der Waals surface area contributed by atoms with Gasteiger partial charge in [0.1, 0.15) is 11.7 Å². The summed E-state index contributed by atoms with van der Waals surface area (Å²) in [5.41, 5.74) is 0. The van der Waals surface area contributed by atoms with Gasteiger partial charge in [-0.2, -0.15) is 12.6 Å². The second-order valence-electron chi connectivity index (χ2n) is 3.78. The molecule has 0 bridgehead atoms. The molecule has 0 aliphatic carbocycles. The van der Waals surface area contributed by atoms with Crippen molar-refractivity contribution in [2.45, 2.75) is 45.4 Å². The smallest absolute Gasteiger partial charge is 0.314 e. The van der Waals surface area contributed by atoms with Crippen LogP contribution < -0.4 is 0 Å². The molecule has 1 atom stereocenters. The topological polar surface area (TPSA) is 54.4 Å². The Hall–Kier alpha value is -0.510. The van der Waals surface area contributed by atoms with Gasteiger partial charge in [0.15, 0.2) is 0 Å². The third-order valence-electron chi connectivity index (χ3n) is 2.44. The van der Waals surface area contributed by atoms with E-state index in [1.807, 2.05) is 0 Å². The summed E-state index contributed by atoms with van der Waals surface area (Å²) in [5, 5.41) is 8.75. The molecule has 4 heteroatoms. The number of carboxylic acid groups (broad SMARTS) is 1. The molecule has 0 aliphatic heterocycles. The Balaban J connectivity index is 3.55. The van der Waals surface area contributed by atoms with E-state index in [0.29, 0.717) is 6.42 Å². The van der Waals surface area contributed by atoms with E-state index in [9.17, 15) is 9.59 Å². The molecule has 0 aliphatic rings. The molecule has 0 fully saturated rings. The Morgan fingerprint density at radius 2 is 1.67 bits per heavy atom. The van der Waals surface area contributed by atoms with Crippen molar-refractivity contribution in [3.8, 4) is 0 Å². The number of carbonyl (C=O) groups excluding carboxylic acids is 1. The average Bonchev–Trinajstić information content (AvgIpc) is 2.15. The third-order valence-corrected chi connectivity index (χ3v) is 2.76. The summed E-state index contributed by atoms with van der Waals surface area (Å²) in [6, 6.07) is 0. The first-order valence-electron chi connectivity index (χ1n) is 5.43. The largest absolute Gasteiger partial charge is 0.481 e. The van der Waals surface area contributed by atoms with Crippen LogP contribution in [0.5, 0.6) is 0 Å². The normalized spacial score (nSPS) is 12.4. The fourth-order valence-electron chi connectivity index (χ4n) is 1.49. The first-order chi connectivity index (χ1) is 7.09. The average molecular weight is 232 g/mol. The predicted octanol–water partition coefficient (Wildman–Crippen LogP) is 2.55. The number of thiol groups is 1. The fourth-order valence-corrected chi connectivity index (χ4v) is 1.71. The van der Waals surface area contributed by atoms with Crippen molar-refractivity contribution >= 4 is 24.4 Å². The quantitative estimate of drug-likeness (QED) is 0.365. The number of rotatable bonds is 9. The number of carboxylic acids is 1. The minimum Gasteiger partial charge on any atom is -0.481 e. The minimum absolute atomic E-state index is 0.238. The Morgan fingerprint density at radius 3 is 2.13 bits per heavy atom. The number of ketones is 1. The molecule has 0 heterocycles. The van der Waals surface area contributed by atoms with Crippen LogP contribution in [-0.4, -0.2) is 22.6 Å². The van der Waals surface area contributed by atoms with Gasteiger partial charge in [-0.25, -0.2) is 0 Å². The van der Waals surface area contributed by atoms with Gasteiger partial charge in [0.05, 0.1) is 0 Å². The van der Waals surface area contributed by atoms with E-state index in [0.717, 1.165) is 37.9 Å². The first-order valence-corrected chi connectivity index (χ1v) is 6.07. The van der Waals surface area contributed by atoms with E-state index in [2.05, 4.69) is 12.6 Å². The minimum atomic E-state index is -0.988. The van der Waals surface area contributed by atoms with Gasteiger partial charge in [0, 0.05) is 0 Å². The molecule has 15 heavy (non-hydrogen) atoms. The van der Waals surface area contributed by atoms with Crippen molar-refractivity contribution < 1.29 is 14.7 Å². The maximum atomic E-state index is 11.0. The lowest BCUT2D eigenvalue weighted by atomic mass is 9.97. The Bertz CT molecular complexity index is 190. The van der Waals surface area contributed by atoms with Gasteiger partial charge in [0.2, 0.25) is 0 Å². The van der Waals surface area contributed by atoms with Crippen LogP contribution in [0.4, 0.5) is 0 Å². The van der Waals surface area contributed by atoms with Crippen LogP contribution in [0.1, 0.15) is 45.4 Å². The molecule has 0 aromatic rings. The van der Waals surface area contributed by atoms with Crippen LogP contribution >= 0.6 is 12.6 Å². The predicted molar refractivity (Wildman–Crippen MR) is 63.4 cm³/mol. The number of hydrogen-bond acceptors (Lipinski definition) is 3. The molecule has 1 unspecified atom stereocenters. The highest BCUT2D eigenvalue weighted by molar-refractivity contribution is 7.80. The molecule has 0 aromatic heterocycles. The lowest BCUT2D eigenvalue weighted by Gasteiger charge is -2.07. The Labute approximate surface area is 96.7 Å². The van der Waals surface area contributed by atoms with Crippen molar-refractivity contribution in [1.82, 2.24) is 0 Å². The third kappa shape index (κ3) is 7.42. The molecule has 0 amide bonds. The van der Waals surface area contributed by atoms with Crippen LogP contribution in [0.3, 0.4) is 0 Å². The molecule has 1 N–H and O–H groups in total. The lowest BCUT2D eigenvalue weighted by Crippen LogP contribution is -2.21. The van der Waals surface area contributed by atoms with Crippen LogP contribution in [0, 0.1) is 5.92 Å². The van der Waals surface area contributed by atoms with E-state index in [1.165, 1.54) is 6.92 Å². The summed E-state index contributed by atoms with van der Waals surface area (Å²) in [7, 11) is 0.